The first kappa shape index (κ1) is 26.1. The van der Waals surface area contributed by atoms with Gasteiger partial charge in [0.05, 0.1) is 18.9 Å². The number of phenolic OH excluding ortho intramolecular Hbond substituents is 1. The smallest absolute Gasteiger partial charge is 0.303 e. The molecule has 1 aromatic rings. The van der Waals surface area contributed by atoms with E-state index in [-0.39, 0.29) is 72.7 Å². The van der Waals surface area contributed by atoms with Crippen LogP contribution in [0.2, 0.25) is 0 Å². The van der Waals surface area contributed by atoms with Crippen LogP contribution in [-0.4, -0.2) is 58.1 Å². The predicted octanol–water partition coefficient (Wildman–Crippen LogP) is 3.46. The fourth-order valence-electron chi connectivity index (χ4n) is 6.38. The Hall–Kier alpha value is -3.53. The van der Waals surface area contributed by atoms with E-state index < -0.39 is 29.6 Å². The van der Waals surface area contributed by atoms with Crippen molar-refractivity contribution in [2.45, 2.75) is 38.5 Å². The fourth-order valence-corrected chi connectivity index (χ4v) is 6.84. The number of imide groups is 1. The van der Waals surface area contributed by atoms with Gasteiger partial charge in [-0.25, -0.2) is 0 Å². The molecule has 1 saturated heterocycles. The third kappa shape index (κ3) is 4.02. The normalized spacial score (nSPS) is 26.6. The van der Waals surface area contributed by atoms with Gasteiger partial charge in [-0.05, 0) is 50.3 Å². The molecule has 1 aliphatic heterocycles. The van der Waals surface area contributed by atoms with Gasteiger partial charge >= 0.3 is 5.97 Å². The highest BCUT2D eigenvalue weighted by Gasteiger charge is 2.56. The minimum Gasteiger partial charge on any atom is -0.504 e. The van der Waals surface area contributed by atoms with Crippen LogP contribution < -0.4 is 4.74 Å². The highest BCUT2D eigenvalue weighted by atomic mass is 79.9. The van der Waals surface area contributed by atoms with Crippen LogP contribution in [0.1, 0.15) is 44.1 Å². The van der Waals surface area contributed by atoms with Gasteiger partial charge in [-0.1, -0.05) is 27.6 Å². The van der Waals surface area contributed by atoms with Gasteiger partial charge in [-0.15, -0.1) is 0 Å². The van der Waals surface area contributed by atoms with Crippen LogP contribution in [0.5, 0.6) is 11.5 Å². The first-order valence-corrected chi connectivity index (χ1v) is 13.2. The second-order valence-corrected chi connectivity index (χ2v) is 11.0. The lowest BCUT2D eigenvalue weighted by atomic mass is 9.59. The molecule has 1 aromatic carbocycles. The number of carbonyl (C=O) groups excluding carboxylic acids is 4. The number of likely N-dealkylation sites (tertiary alicyclic amines) is 1. The predicted molar refractivity (Wildman–Crippen MR) is 137 cm³/mol. The lowest BCUT2D eigenvalue weighted by molar-refractivity contribution is -0.142. The molecule has 0 saturated carbocycles. The molecular formula is C28H26BrNO8. The Morgan fingerprint density at radius 3 is 2.58 bits per heavy atom. The summed E-state index contributed by atoms with van der Waals surface area (Å²) >= 11 is 3.43. The molecule has 5 rings (SSSR count). The number of aromatic hydroxyl groups is 1. The number of carboxylic acid groups (broad SMARTS) is 1. The monoisotopic (exact) mass is 583 g/mol. The number of rotatable bonds is 6. The lowest BCUT2D eigenvalue weighted by Gasteiger charge is -2.42. The number of methoxy groups -OCH3 is 1. The summed E-state index contributed by atoms with van der Waals surface area (Å²) in [6.45, 7) is 1.58. The molecule has 1 heterocycles. The summed E-state index contributed by atoms with van der Waals surface area (Å²) in [5.41, 5.74) is 1.94. The number of phenols is 1. The Morgan fingerprint density at radius 1 is 1.16 bits per heavy atom. The maximum Gasteiger partial charge on any atom is 0.303 e. The van der Waals surface area contributed by atoms with E-state index in [1.165, 1.54) is 13.2 Å². The Kier molecular flexibility index (Phi) is 6.63. The minimum absolute atomic E-state index is 0.0132. The average molecular weight is 584 g/mol. The largest absolute Gasteiger partial charge is 0.504 e. The molecule has 38 heavy (non-hydrogen) atoms. The number of ether oxygens (including phenoxy) is 1. The van der Waals surface area contributed by atoms with E-state index in [4.69, 9.17) is 9.84 Å². The van der Waals surface area contributed by atoms with Crippen LogP contribution in [-0.2, 0) is 24.0 Å². The van der Waals surface area contributed by atoms with Crippen molar-refractivity contribution in [1.29, 1.82) is 0 Å². The molecular weight excluding hydrogens is 558 g/mol. The Balaban J connectivity index is 1.63. The summed E-state index contributed by atoms with van der Waals surface area (Å²) in [6, 6.07) is 3.26. The van der Waals surface area contributed by atoms with E-state index in [2.05, 4.69) is 15.9 Å². The van der Waals surface area contributed by atoms with Gasteiger partial charge in [0, 0.05) is 45.6 Å². The first-order valence-electron chi connectivity index (χ1n) is 12.4. The average Bonchev–Trinajstić information content (AvgIpc) is 3.12. The second kappa shape index (κ2) is 9.65. The summed E-state index contributed by atoms with van der Waals surface area (Å²) in [4.78, 5) is 65.6. The molecule has 4 aliphatic rings. The Morgan fingerprint density at radius 2 is 1.89 bits per heavy atom. The SMILES string of the molecule is COc1cc(Br)cc([C@H]2C3=CC[C@@H]4C(=O)N(CCCC(=O)O)C(=O)[C@@H]4[C@@H]3CC3=C2C(=O)C=C(C)C3=O)c1O. The van der Waals surface area contributed by atoms with Crippen molar-refractivity contribution < 1.29 is 38.9 Å². The number of hydrogen-bond donors (Lipinski definition) is 2. The number of benzene rings is 1. The summed E-state index contributed by atoms with van der Waals surface area (Å²) in [5, 5.41) is 20.1. The minimum atomic E-state index is -1.01. The molecule has 0 unspecified atom stereocenters. The molecule has 1 fully saturated rings. The van der Waals surface area contributed by atoms with E-state index in [0.29, 0.717) is 26.8 Å². The molecule has 3 aliphatic carbocycles. The number of hydrogen-bond acceptors (Lipinski definition) is 7. The Bertz CT molecular complexity index is 1400. The summed E-state index contributed by atoms with van der Waals surface area (Å²) in [5.74, 6) is -5.05. The zero-order valence-electron chi connectivity index (χ0n) is 20.8. The molecule has 4 atom stereocenters. The van der Waals surface area contributed by atoms with Gasteiger partial charge in [0.15, 0.2) is 23.1 Å². The third-order valence-electron chi connectivity index (χ3n) is 8.03. The van der Waals surface area contributed by atoms with Crippen molar-refractivity contribution >= 4 is 45.3 Å². The van der Waals surface area contributed by atoms with Gasteiger partial charge < -0.3 is 14.9 Å². The first-order chi connectivity index (χ1) is 18.0. The number of amides is 2. The highest BCUT2D eigenvalue weighted by molar-refractivity contribution is 9.10. The molecule has 0 bridgehead atoms. The van der Waals surface area contributed by atoms with Gasteiger partial charge in [0.1, 0.15) is 0 Å². The van der Waals surface area contributed by atoms with E-state index in [0.717, 1.165) is 4.90 Å². The van der Waals surface area contributed by atoms with Crippen LogP contribution in [0.4, 0.5) is 0 Å². The van der Waals surface area contributed by atoms with Crippen molar-refractivity contribution in [2.24, 2.45) is 17.8 Å². The molecule has 10 heteroatoms. The maximum absolute atomic E-state index is 13.6. The van der Waals surface area contributed by atoms with E-state index in [9.17, 15) is 29.1 Å². The molecule has 0 aromatic heterocycles. The molecule has 9 nitrogen and oxygen atoms in total. The zero-order valence-corrected chi connectivity index (χ0v) is 22.4. The van der Waals surface area contributed by atoms with E-state index in [1.807, 2.05) is 6.08 Å². The van der Waals surface area contributed by atoms with Crippen molar-refractivity contribution in [3.8, 4) is 11.5 Å². The van der Waals surface area contributed by atoms with Crippen LogP contribution in [0, 0.1) is 17.8 Å². The molecule has 2 amide bonds. The second-order valence-electron chi connectivity index (χ2n) is 10.1. The number of halogens is 1. The van der Waals surface area contributed by atoms with Gasteiger partial charge in [0.2, 0.25) is 11.8 Å². The number of ketones is 2. The maximum atomic E-state index is 13.6. The fraction of sp³-hybridized carbons (Fsp3) is 0.393. The van der Waals surface area contributed by atoms with E-state index in [1.54, 1.807) is 19.1 Å². The van der Waals surface area contributed by atoms with Crippen LogP contribution in [0.3, 0.4) is 0 Å². The number of Topliss-reactive ketones (excluding diaryl/α,β-unsaturated/α-hetero) is 1. The number of fused-ring (bicyclic) bond motifs is 3. The molecule has 2 N–H and O–H groups in total. The summed E-state index contributed by atoms with van der Waals surface area (Å²) < 4.78 is 5.93. The van der Waals surface area contributed by atoms with Crippen molar-refractivity contribution in [2.75, 3.05) is 13.7 Å². The number of carboxylic acids is 1. The molecule has 0 radical (unpaired) electrons. The topological polar surface area (TPSA) is 138 Å². The molecule has 198 valence electrons. The standard InChI is InChI=1S/C28H26BrNO8/c1-12-8-19(31)24-18(25(12)34)11-16-14(22(24)17-9-13(29)10-20(38-2)26(17)35)5-6-15-23(16)28(37)30(27(15)36)7-3-4-21(32)33/h5,8-10,15-16,22-23,35H,3-4,6-7,11H2,1-2H3,(H,32,33)/t15-,16+,22+,23-/m0/s1. The number of nitrogens with zero attached hydrogens (tertiary/aromatic N) is 1. The van der Waals surface area contributed by atoms with Crippen molar-refractivity contribution in [1.82, 2.24) is 4.90 Å². The van der Waals surface area contributed by atoms with Gasteiger partial charge in [-0.2, -0.15) is 0 Å². The van der Waals surface area contributed by atoms with Crippen molar-refractivity contribution in [3.63, 3.8) is 0 Å². The Labute approximate surface area is 227 Å². The van der Waals surface area contributed by atoms with Crippen LogP contribution in [0.15, 0.2) is 51.0 Å². The van der Waals surface area contributed by atoms with Gasteiger partial charge in [0.25, 0.3) is 0 Å². The van der Waals surface area contributed by atoms with Crippen LogP contribution >= 0.6 is 15.9 Å². The number of carbonyl (C=O) groups is 5. The van der Waals surface area contributed by atoms with E-state index >= 15 is 0 Å². The third-order valence-corrected chi connectivity index (χ3v) is 8.48. The molecule has 0 spiro atoms. The summed E-state index contributed by atoms with van der Waals surface area (Å²) in [7, 11) is 1.41. The lowest BCUT2D eigenvalue weighted by Crippen LogP contribution is -2.40. The van der Waals surface area contributed by atoms with Crippen molar-refractivity contribution in [3.05, 3.63) is 56.6 Å². The zero-order chi connectivity index (χ0) is 27.5. The number of aliphatic carboxylic acids is 1. The number of allylic oxidation sites excluding steroid dienone is 6. The van der Waals surface area contributed by atoms with Gasteiger partial charge in [-0.3, -0.25) is 28.9 Å². The quantitative estimate of drug-likeness (QED) is 0.295. The van der Waals surface area contributed by atoms with Crippen LogP contribution in [0.25, 0.3) is 0 Å². The summed E-state index contributed by atoms with van der Waals surface area (Å²) in [6.07, 6.45) is 3.55. The highest BCUT2D eigenvalue weighted by Crippen LogP contribution is 2.57.